The largest absolute Gasteiger partial charge is 0.457 e. The maximum atomic E-state index is 6.64. The first-order chi connectivity index (χ1) is 25.4. The van der Waals surface area contributed by atoms with Crippen LogP contribution in [0.25, 0.3) is 44.4 Å². The van der Waals surface area contributed by atoms with Crippen LogP contribution in [0.2, 0.25) is 0 Å². The lowest BCUT2D eigenvalue weighted by Gasteiger charge is -2.19. The Kier molecular flexibility index (Phi) is 10.3. The fraction of sp³-hybridized carbons (Fsp3) is 0.333. The van der Waals surface area contributed by atoms with Gasteiger partial charge in [0.05, 0.1) is 22.4 Å². The molecule has 5 nitrogen and oxygen atoms in total. The van der Waals surface area contributed by atoms with Gasteiger partial charge in [-0.25, -0.2) is 9.67 Å². The highest BCUT2D eigenvalue weighted by Gasteiger charge is 2.19. The van der Waals surface area contributed by atoms with E-state index in [0.717, 1.165) is 58.3 Å². The fourth-order valence-corrected chi connectivity index (χ4v) is 7.67. The van der Waals surface area contributed by atoms with E-state index in [4.69, 9.17) is 14.8 Å². The van der Waals surface area contributed by atoms with Gasteiger partial charge in [-0.05, 0) is 122 Å². The molecule has 53 heavy (non-hydrogen) atoms. The van der Waals surface area contributed by atoms with Crippen molar-refractivity contribution in [2.24, 2.45) is 11.3 Å². The lowest BCUT2D eigenvalue weighted by Crippen LogP contribution is -2.05. The molecule has 1 atom stereocenters. The van der Waals surface area contributed by atoms with E-state index in [0.29, 0.717) is 17.3 Å². The van der Waals surface area contributed by atoms with Gasteiger partial charge < -0.3 is 4.74 Å². The van der Waals surface area contributed by atoms with Crippen molar-refractivity contribution in [1.82, 2.24) is 19.3 Å². The summed E-state index contributed by atoms with van der Waals surface area (Å²) in [7, 11) is 0. The van der Waals surface area contributed by atoms with Crippen LogP contribution in [0.4, 0.5) is 0 Å². The second-order valence-corrected chi connectivity index (χ2v) is 16.5. The molecule has 3 aromatic heterocycles. The minimum Gasteiger partial charge on any atom is -0.457 e. The number of pyridine rings is 1. The van der Waals surface area contributed by atoms with E-state index in [1.807, 2.05) is 29.1 Å². The SMILES string of the molecule is Cc1nn(-c2cccc(Oc3ccc4c5cc(C(C)CCCC(C)(C)C)ccc5n(-c5cc(CCC(C)C)ccn5)c4c3)c2)c(C)c1-c1ccccc1. The Morgan fingerprint density at radius 1 is 0.736 bits per heavy atom. The van der Waals surface area contributed by atoms with E-state index in [9.17, 15) is 0 Å². The quantitative estimate of drug-likeness (QED) is 0.127. The zero-order valence-electron chi connectivity index (χ0n) is 32.8. The lowest BCUT2D eigenvalue weighted by molar-refractivity contribution is 0.354. The van der Waals surface area contributed by atoms with Gasteiger partial charge in [0.15, 0.2) is 0 Å². The fourth-order valence-electron chi connectivity index (χ4n) is 7.67. The number of aromatic nitrogens is 4. The van der Waals surface area contributed by atoms with Gasteiger partial charge in [0.1, 0.15) is 17.3 Å². The van der Waals surface area contributed by atoms with Crippen molar-refractivity contribution in [3.05, 3.63) is 132 Å². The van der Waals surface area contributed by atoms with Crippen molar-refractivity contribution < 1.29 is 4.74 Å². The summed E-state index contributed by atoms with van der Waals surface area (Å²) in [6.07, 6.45) is 7.79. The topological polar surface area (TPSA) is 44.9 Å². The van der Waals surface area contributed by atoms with Crippen LogP contribution in [0.1, 0.15) is 95.7 Å². The Morgan fingerprint density at radius 3 is 2.30 bits per heavy atom. The molecule has 0 bridgehead atoms. The Morgan fingerprint density at radius 2 is 1.53 bits per heavy atom. The first-order valence-corrected chi connectivity index (χ1v) is 19.4. The number of hydrogen-bond acceptors (Lipinski definition) is 3. The van der Waals surface area contributed by atoms with Gasteiger partial charge in [0, 0.05) is 40.4 Å². The van der Waals surface area contributed by atoms with E-state index in [-0.39, 0.29) is 0 Å². The van der Waals surface area contributed by atoms with E-state index in [1.54, 1.807) is 0 Å². The second kappa shape index (κ2) is 15.1. The third-order valence-electron chi connectivity index (χ3n) is 10.6. The van der Waals surface area contributed by atoms with Crippen LogP contribution in [-0.2, 0) is 6.42 Å². The van der Waals surface area contributed by atoms with Crippen LogP contribution in [0.5, 0.6) is 11.5 Å². The summed E-state index contributed by atoms with van der Waals surface area (Å²) in [5.41, 5.74) is 10.7. The second-order valence-electron chi connectivity index (χ2n) is 16.5. The molecule has 0 radical (unpaired) electrons. The molecule has 4 aromatic carbocycles. The predicted octanol–water partition coefficient (Wildman–Crippen LogP) is 13.3. The zero-order valence-corrected chi connectivity index (χ0v) is 32.8. The number of benzene rings is 4. The van der Waals surface area contributed by atoms with Crippen molar-refractivity contribution >= 4 is 21.8 Å². The monoisotopic (exact) mass is 702 g/mol. The highest BCUT2D eigenvalue weighted by atomic mass is 16.5. The summed E-state index contributed by atoms with van der Waals surface area (Å²) < 4.78 is 11.0. The molecular weight excluding hydrogens is 649 g/mol. The van der Waals surface area contributed by atoms with Crippen LogP contribution in [0, 0.1) is 25.2 Å². The third kappa shape index (κ3) is 7.95. The molecule has 0 saturated heterocycles. The zero-order chi connectivity index (χ0) is 37.3. The maximum absolute atomic E-state index is 6.64. The number of fused-ring (bicyclic) bond motifs is 3. The molecule has 0 aliphatic rings. The van der Waals surface area contributed by atoms with Gasteiger partial charge >= 0.3 is 0 Å². The molecule has 0 spiro atoms. The highest BCUT2D eigenvalue weighted by molar-refractivity contribution is 6.09. The molecule has 0 fully saturated rings. The summed E-state index contributed by atoms with van der Waals surface area (Å²) in [4.78, 5) is 4.94. The molecule has 7 rings (SSSR count). The minimum atomic E-state index is 0.359. The van der Waals surface area contributed by atoms with Gasteiger partial charge in [0.25, 0.3) is 0 Å². The third-order valence-corrected chi connectivity index (χ3v) is 10.6. The van der Waals surface area contributed by atoms with Gasteiger partial charge in [-0.3, -0.25) is 4.57 Å². The lowest BCUT2D eigenvalue weighted by atomic mass is 9.86. The molecule has 0 aliphatic heterocycles. The van der Waals surface area contributed by atoms with Crippen molar-refractivity contribution in [3.8, 4) is 34.1 Å². The van der Waals surface area contributed by atoms with Gasteiger partial charge in [-0.1, -0.05) is 90.4 Å². The van der Waals surface area contributed by atoms with Gasteiger partial charge in [-0.15, -0.1) is 0 Å². The predicted molar refractivity (Wildman–Crippen MR) is 222 cm³/mol. The van der Waals surface area contributed by atoms with Crippen LogP contribution in [0.15, 0.2) is 109 Å². The molecule has 0 amide bonds. The Labute approximate surface area is 315 Å². The van der Waals surface area contributed by atoms with Crippen molar-refractivity contribution in [2.45, 2.75) is 93.4 Å². The highest BCUT2D eigenvalue weighted by Crippen LogP contribution is 2.38. The van der Waals surface area contributed by atoms with Crippen LogP contribution < -0.4 is 4.74 Å². The smallest absolute Gasteiger partial charge is 0.137 e. The van der Waals surface area contributed by atoms with Crippen LogP contribution in [-0.4, -0.2) is 19.3 Å². The average Bonchev–Trinajstić information content (AvgIpc) is 3.62. The van der Waals surface area contributed by atoms with Crippen LogP contribution >= 0.6 is 0 Å². The maximum Gasteiger partial charge on any atom is 0.137 e. The molecule has 0 saturated carbocycles. The van der Waals surface area contributed by atoms with E-state index in [1.165, 1.54) is 52.3 Å². The number of rotatable bonds is 12. The molecule has 0 aliphatic carbocycles. The Hall–Kier alpha value is -5.16. The number of hydrogen-bond donors (Lipinski definition) is 0. The molecule has 3 heterocycles. The standard InChI is InChI=1S/C48H54N4O/c1-32(2)19-20-36-25-27-49-46(28-36)51-44-24-21-38(33(3)14-13-26-48(6,7)8)29-43(44)42-23-22-41(31-45(42)51)53-40-18-12-17-39(30-40)52-35(5)47(34(4)50-52)37-15-10-9-11-16-37/h9-12,15-18,21-25,27-33H,13-14,19-20,26H2,1-8H3. The first kappa shape index (κ1) is 36.2. The molecule has 7 aromatic rings. The Balaban J connectivity index is 1.26. The summed E-state index contributed by atoms with van der Waals surface area (Å²) in [5, 5.41) is 7.40. The van der Waals surface area contributed by atoms with Crippen LogP contribution in [0.3, 0.4) is 0 Å². The van der Waals surface area contributed by atoms with Crippen molar-refractivity contribution in [3.63, 3.8) is 0 Å². The normalized spacial score (nSPS) is 12.6. The minimum absolute atomic E-state index is 0.359. The summed E-state index contributed by atoms with van der Waals surface area (Å²) in [5.74, 6) is 3.62. The number of nitrogens with zero attached hydrogens (tertiary/aromatic N) is 4. The molecular formula is C48H54N4O. The Bertz CT molecular complexity index is 2360. The average molecular weight is 703 g/mol. The molecule has 0 N–H and O–H groups in total. The van der Waals surface area contributed by atoms with Gasteiger partial charge in [-0.2, -0.15) is 5.10 Å². The molecule has 1 unspecified atom stereocenters. The first-order valence-electron chi connectivity index (χ1n) is 19.4. The summed E-state index contributed by atoms with van der Waals surface area (Å²) >= 11 is 0. The van der Waals surface area contributed by atoms with E-state index in [2.05, 4.69) is 145 Å². The summed E-state index contributed by atoms with van der Waals surface area (Å²) in [6, 6.07) is 36.6. The van der Waals surface area contributed by atoms with Crippen molar-refractivity contribution in [2.75, 3.05) is 0 Å². The molecule has 5 heteroatoms. The van der Waals surface area contributed by atoms with E-state index < -0.39 is 0 Å². The summed E-state index contributed by atoms with van der Waals surface area (Å²) in [6.45, 7) is 18.2. The van der Waals surface area contributed by atoms with Crippen molar-refractivity contribution in [1.29, 1.82) is 0 Å². The van der Waals surface area contributed by atoms with E-state index >= 15 is 0 Å². The van der Waals surface area contributed by atoms with Gasteiger partial charge in [0.2, 0.25) is 0 Å². The number of ether oxygens (including phenoxy) is 1. The number of aryl methyl sites for hydroxylation is 2. The molecule has 272 valence electrons.